The number of hydrogen-bond acceptors (Lipinski definition) is 6. The first-order chi connectivity index (χ1) is 16.4. The Hall–Kier alpha value is -3.06. The summed E-state index contributed by atoms with van der Waals surface area (Å²) < 4.78 is 92.5. The van der Waals surface area contributed by atoms with Crippen LogP contribution in [0.2, 0.25) is 0 Å². The summed E-state index contributed by atoms with van der Waals surface area (Å²) in [7, 11) is -4.02. The third-order valence-electron chi connectivity index (χ3n) is 4.78. The maximum absolute atomic E-state index is 13.1. The molecule has 188 valence electrons. The van der Waals surface area contributed by atoms with Gasteiger partial charge in [-0.15, -0.1) is 0 Å². The molecule has 0 radical (unpaired) electrons. The van der Waals surface area contributed by atoms with Crippen molar-refractivity contribution in [3.05, 3.63) is 83.3 Å². The van der Waals surface area contributed by atoms with Crippen molar-refractivity contribution in [3.63, 3.8) is 0 Å². The highest BCUT2D eigenvalue weighted by Gasteiger charge is 2.35. The summed E-state index contributed by atoms with van der Waals surface area (Å²) in [5.41, 5.74) is 0.283. The molecule has 2 N–H and O–H groups in total. The summed E-state index contributed by atoms with van der Waals surface area (Å²) in [5.74, 6) is -1.03. The first kappa shape index (κ1) is 26.5. The summed E-state index contributed by atoms with van der Waals surface area (Å²) in [6.45, 7) is 3.34. The van der Waals surface area contributed by atoms with E-state index < -0.39 is 33.6 Å². The number of ether oxygens (including phenoxy) is 2. The third-order valence-corrected chi connectivity index (χ3v) is 5.65. The van der Waals surface area contributed by atoms with E-state index in [1.54, 1.807) is 12.1 Å². The predicted molar refractivity (Wildman–Crippen MR) is 118 cm³/mol. The maximum atomic E-state index is 13.1. The summed E-state index contributed by atoms with van der Waals surface area (Å²) in [6.07, 6.45) is -4.57. The number of nitrogens with one attached hydrogen (secondary N) is 1. The lowest BCUT2D eigenvalue weighted by atomic mass is 10.2. The molecule has 0 unspecified atom stereocenters. The van der Waals surface area contributed by atoms with Gasteiger partial charge in [0.25, 0.3) is 10.1 Å². The highest BCUT2D eigenvalue weighted by Crippen LogP contribution is 2.37. The molecule has 2 heterocycles. The van der Waals surface area contributed by atoms with E-state index >= 15 is 0 Å². The largest absolute Gasteiger partial charge is 0.438 e. The standard InChI is InChI=1S/C16H14F4N2O2.C7H8O3S/c17-10-1-4-12(5-2-10)24-15-14(16(18,19)20)6-3-11(22-15)9-23-13-7-21-8-13;1-6-2-4-7(5-3-6)11(8,9)10/h1-6,13,21H,7-9H2;2-5H,1H3,(H,8,9,10). The number of aryl methyl sites for hydroxylation is 1. The molecule has 1 aliphatic heterocycles. The smallest absolute Gasteiger partial charge is 0.421 e. The number of hydrogen-bond donors (Lipinski definition) is 2. The molecule has 0 atom stereocenters. The first-order valence-corrected chi connectivity index (χ1v) is 11.7. The van der Waals surface area contributed by atoms with Gasteiger partial charge in [-0.3, -0.25) is 4.55 Å². The van der Waals surface area contributed by atoms with Gasteiger partial charge in [0.05, 0.1) is 23.3 Å². The molecule has 0 bridgehead atoms. The van der Waals surface area contributed by atoms with Crippen molar-refractivity contribution in [1.29, 1.82) is 0 Å². The molecular weight excluding hydrogens is 492 g/mol. The first-order valence-electron chi connectivity index (χ1n) is 10.3. The van der Waals surface area contributed by atoms with Gasteiger partial charge >= 0.3 is 6.18 Å². The van der Waals surface area contributed by atoms with Gasteiger partial charge in [-0.2, -0.15) is 21.6 Å². The quantitative estimate of drug-likeness (QED) is 0.362. The molecule has 1 aliphatic rings. The van der Waals surface area contributed by atoms with Gasteiger partial charge in [0.2, 0.25) is 5.88 Å². The highest BCUT2D eigenvalue weighted by molar-refractivity contribution is 7.85. The van der Waals surface area contributed by atoms with Gasteiger partial charge in [-0.1, -0.05) is 17.7 Å². The number of benzene rings is 2. The van der Waals surface area contributed by atoms with Crippen molar-refractivity contribution >= 4 is 10.1 Å². The van der Waals surface area contributed by atoms with Crippen LogP contribution in [0.5, 0.6) is 11.6 Å². The minimum atomic E-state index is -4.61. The van der Waals surface area contributed by atoms with E-state index in [0.717, 1.165) is 23.8 Å². The molecule has 1 saturated heterocycles. The minimum Gasteiger partial charge on any atom is -0.438 e. The van der Waals surface area contributed by atoms with Crippen LogP contribution in [0.3, 0.4) is 0 Å². The highest BCUT2D eigenvalue weighted by atomic mass is 32.2. The SMILES string of the molecule is Cc1ccc(S(=O)(=O)O)cc1.Fc1ccc(Oc2nc(COC3CNC3)ccc2C(F)(F)F)cc1. The van der Waals surface area contributed by atoms with Gasteiger partial charge < -0.3 is 14.8 Å². The fourth-order valence-electron chi connectivity index (χ4n) is 2.76. The van der Waals surface area contributed by atoms with Crippen LogP contribution in [-0.2, 0) is 27.6 Å². The van der Waals surface area contributed by atoms with E-state index in [4.69, 9.17) is 14.0 Å². The van der Waals surface area contributed by atoms with Crippen molar-refractivity contribution < 1.29 is 40.0 Å². The second-order valence-electron chi connectivity index (χ2n) is 7.59. The molecule has 0 aliphatic carbocycles. The van der Waals surface area contributed by atoms with Gasteiger partial charge in [0.1, 0.15) is 17.1 Å². The lowest BCUT2D eigenvalue weighted by molar-refractivity contribution is -0.138. The van der Waals surface area contributed by atoms with E-state index in [0.29, 0.717) is 18.8 Å². The second-order valence-corrected chi connectivity index (χ2v) is 9.01. The second kappa shape index (κ2) is 11.1. The van der Waals surface area contributed by atoms with E-state index in [1.807, 2.05) is 6.92 Å². The van der Waals surface area contributed by atoms with Gasteiger partial charge in [0.15, 0.2) is 0 Å². The average molecular weight is 514 g/mol. The van der Waals surface area contributed by atoms with Gasteiger partial charge in [-0.05, 0) is 55.5 Å². The summed E-state index contributed by atoms with van der Waals surface area (Å²) >= 11 is 0. The predicted octanol–water partition coefficient (Wildman–Crippen LogP) is 4.76. The van der Waals surface area contributed by atoms with Crippen molar-refractivity contribution in [1.82, 2.24) is 10.3 Å². The molecule has 0 saturated carbocycles. The number of rotatable bonds is 6. The van der Waals surface area contributed by atoms with Crippen LogP contribution in [0, 0.1) is 12.7 Å². The molecule has 35 heavy (non-hydrogen) atoms. The van der Waals surface area contributed by atoms with Crippen molar-refractivity contribution in [2.24, 2.45) is 0 Å². The summed E-state index contributed by atoms with van der Waals surface area (Å²) in [5, 5.41) is 3.03. The lowest BCUT2D eigenvalue weighted by Crippen LogP contribution is -2.48. The minimum absolute atomic E-state index is 0.0376. The van der Waals surface area contributed by atoms with Crippen LogP contribution in [-0.4, -0.2) is 37.1 Å². The summed E-state index contributed by atoms with van der Waals surface area (Å²) in [6, 6.07) is 12.8. The molecule has 12 heteroatoms. The molecule has 2 aromatic carbocycles. The molecule has 1 aromatic heterocycles. The van der Waals surface area contributed by atoms with Gasteiger partial charge in [0, 0.05) is 13.1 Å². The Bertz CT molecular complexity index is 1230. The van der Waals surface area contributed by atoms with Gasteiger partial charge in [-0.25, -0.2) is 9.37 Å². The number of pyridine rings is 1. The Balaban J connectivity index is 0.000000261. The van der Waals surface area contributed by atoms with Crippen LogP contribution < -0.4 is 10.1 Å². The molecule has 1 fully saturated rings. The Kier molecular flexibility index (Phi) is 8.43. The van der Waals surface area contributed by atoms with Crippen LogP contribution in [0.4, 0.5) is 17.6 Å². The number of halogens is 4. The normalized spacial score (nSPS) is 14.0. The molecule has 0 spiro atoms. The monoisotopic (exact) mass is 514 g/mol. The topological polar surface area (TPSA) is 97.8 Å². The zero-order valence-corrected chi connectivity index (χ0v) is 19.2. The lowest BCUT2D eigenvalue weighted by Gasteiger charge is -2.27. The zero-order valence-electron chi connectivity index (χ0n) is 18.4. The van der Waals surface area contributed by atoms with Crippen LogP contribution in [0.1, 0.15) is 16.8 Å². The number of alkyl halides is 3. The summed E-state index contributed by atoms with van der Waals surface area (Å²) in [4.78, 5) is 3.84. The number of aromatic nitrogens is 1. The Morgan fingerprint density at radius 3 is 2.17 bits per heavy atom. The fraction of sp³-hybridized carbons (Fsp3) is 0.261. The van der Waals surface area contributed by atoms with Crippen molar-refractivity contribution in [2.75, 3.05) is 13.1 Å². The maximum Gasteiger partial charge on any atom is 0.421 e. The van der Waals surface area contributed by atoms with E-state index in [-0.39, 0.29) is 23.4 Å². The molecular formula is C23H22F4N2O5S. The average Bonchev–Trinajstić information content (AvgIpc) is 2.74. The molecule has 0 amide bonds. The van der Waals surface area contributed by atoms with Crippen molar-refractivity contribution in [3.8, 4) is 11.6 Å². The van der Waals surface area contributed by atoms with Crippen LogP contribution >= 0.6 is 0 Å². The van der Waals surface area contributed by atoms with Crippen molar-refractivity contribution in [2.45, 2.75) is 30.7 Å². The van der Waals surface area contributed by atoms with E-state index in [2.05, 4.69) is 10.3 Å². The Morgan fingerprint density at radius 1 is 1.03 bits per heavy atom. The zero-order chi connectivity index (χ0) is 25.6. The van der Waals surface area contributed by atoms with Crippen LogP contribution in [0.25, 0.3) is 0 Å². The molecule has 7 nitrogen and oxygen atoms in total. The fourth-order valence-corrected chi connectivity index (χ4v) is 3.24. The van der Waals surface area contributed by atoms with Crippen LogP contribution in [0.15, 0.2) is 65.6 Å². The molecule has 3 aromatic rings. The third kappa shape index (κ3) is 7.99. The van der Waals surface area contributed by atoms with E-state index in [9.17, 15) is 26.0 Å². The molecule has 4 rings (SSSR count). The number of nitrogens with zero attached hydrogens (tertiary/aromatic N) is 1. The van der Waals surface area contributed by atoms with E-state index in [1.165, 1.54) is 30.3 Å². The Labute approximate surface area is 199 Å². The Morgan fingerprint density at radius 2 is 1.66 bits per heavy atom.